The number of hydrogen-bond donors (Lipinski definition) is 4. The van der Waals surface area contributed by atoms with E-state index in [0.29, 0.717) is 36.3 Å². The van der Waals surface area contributed by atoms with Gasteiger partial charge in [0, 0.05) is 24.5 Å². The van der Waals surface area contributed by atoms with Crippen LogP contribution in [0.15, 0.2) is 30.9 Å². The van der Waals surface area contributed by atoms with Crippen LogP contribution in [0.1, 0.15) is 71.3 Å². The van der Waals surface area contributed by atoms with Gasteiger partial charge in [-0.2, -0.15) is 0 Å². The number of carbonyl (C=O) groups is 2. The summed E-state index contributed by atoms with van der Waals surface area (Å²) in [5.74, 6) is 0.939. The molecule has 0 saturated heterocycles. The average Bonchev–Trinajstić information content (AvgIpc) is 2.76. The number of rotatable bonds is 14. The Morgan fingerprint density at radius 3 is 2.16 bits per heavy atom. The van der Waals surface area contributed by atoms with Gasteiger partial charge in [0.1, 0.15) is 0 Å². The van der Waals surface area contributed by atoms with Gasteiger partial charge < -0.3 is 21.3 Å². The second kappa shape index (κ2) is 15.3. The highest BCUT2D eigenvalue weighted by Crippen LogP contribution is 2.20. The molecule has 2 unspecified atom stereocenters. The number of carbonyl (C=O) groups excluding carboxylic acids is 2. The lowest BCUT2D eigenvalue weighted by Gasteiger charge is -2.17. The van der Waals surface area contributed by atoms with E-state index in [9.17, 15) is 9.59 Å². The molecule has 0 aliphatic carbocycles. The summed E-state index contributed by atoms with van der Waals surface area (Å²) in [6.07, 6.45) is 9.44. The normalized spacial score (nSPS) is 12.5. The van der Waals surface area contributed by atoms with E-state index in [1.807, 2.05) is 25.1 Å². The molecular weight excluding hydrogens is 388 g/mol. The Bertz CT molecular complexity index is 690. The highest BCUT2D eigenvalue weighted by Gasteiger charge is 2.11. The van der Waals surface area contributed by atoms with E-state index in [0.717, 1.165) is 37.7 Å². The van der Waals surface area contributed by atoms with Crippen LogP contribution in [0.3, 0.4) is 0 Å². The molecule has 2 atom stereocenters. The number of benzene rings is 1. The molecule has 31 heavy (non-hydrogen) atoms. The summed E-state index contributed by atoms with van der Waals surface area (Å²) in [4.78, 5) is 24.6. The molecule has 0 aliphatic rings. The van der Waals surface area contributed by atoms with Crippen molar-refractivity contribution < 1.29 is 9.59 Å². The maximum absolute atomic E-state index is 12.4. The molecule has 0 saturated carbocycles. The number of unbranched alkanes of at least 4 members (excludes halogenated alkanes) is 1. The standard InChI is InChI=1S/C25H42N4O2/c1-6-10-12-20(8-3)17-26-24(30)28-22-15-14-19(5)23(16-22)29-25(31)27-18-21(9-4)13-11-7-2/h6,14-16,20-21H,1,7-13,17-18H2,2-5H3,(H2,26,28,30)(H2,27,29,31). The van der Waals surface area contributed by atoms with Crippen molar-refractivity contribution in [2.75, 3.05) is 23.7 Å². The first-order valence-corrected chi connectivity index (χ1v) is 11.7. The molecule has 0 bridgehead atoms. The average molecular weight is 431 g/mol. The van der Waals surface area contributed by atoms with Crippen molar-refractivity contribution in [3.05, 3.63) is 36.4 Å². The number of anilines is 2. The van der Waals surface area contributed by atoms with E-state index in [4.69, 9.17) is 0 Å². The predicted molar refractivity (Wildman–Crippen MR) is 132 cm³/mol. The van der Waals surface area contributed by atoms with Gasteiger partial charge in [0.25, 0.3) is 0 Å². The van der Waals surface area contributed by atoms with Crippen LogP contribution in [0.25, 0.3) is 0 Å². The fraction of sp³-hybridized carbons (Fsp3) is 0.600. The van der Waals surface area contributed by atoms with Crippen molar-refractivity contribution >= 4 is 23.4 Å². The minimum atomic E-state index is -0.238. The second-order valence-electron chi connectivity index (χ2n) is 8.26. The maximum Gasteiger partial charge on any atom is 0.319 e. The van der Waals surface area contributed by atoms with Crippen LogP contribution in [-0.2, 0) is 0 Å². The number of urea groups is 2. The topological polar surface area (TPSA) is 82.3 Å². The van der Waals surface area contributed by atoms with Gasteiger partial charge in [-0.05, 0) is 55.7 Å². The van der Waals surface area contributed by atoms with Gasteiger partial charge in [-0.1, -0.05) is 58.6 Å². The predicted octanol–water partition coefficient (Wildman–Crippen LogP) is 6.45. The van der Waals surface area contributed by atoms with Gasteiger partial charge in [0.2, 0.25) is 0 Å². The molecule has 6 heteroatoms. The van der Waals surface area contributed by atoms with Crippen molar-refractivity contribution in [3.63, 3.8) is 0 Å². The molecule has 0 fully saturated rings. The fourth-order valence-electron chi connectivity index (χ4n) is 3.40. The number of aryl methyl sites for hydroxylation is 1. The molecule has 0 radical (unpaired) electrons. The number of allylic oxidation sites excluding steroid dienone is 1. The van der Waals surface area contributed by atoms with Crippen LogP contribution in [0, 0.1) is 18.8 Å². The van der Waals surface area contributed by atoms with Crippen LogP contribution in [-0.4, -0.2) is 25.2 Å². The summed E-state index contributed by atoms with van der Waals surface area (Å²) >= 11 is 0. The minimum absolute atomic E-state index is 0.215. The fourth-order valence-corrected chi connectivity index (χ4v) is 3.40. The van der Waals surface area contributed by atoms with Gasteiger partial charge in [-0.25, -0.2) is 9.59 Å². The molecule has 1 aromatic rings. The molecule has 0 aliphatic heterocycles. The van der Waals surface area contributed by atoms with Crippen LogP contribution in [0.4, 0.5) is 21.0 Å². The third kappa shape index (κ3) is 10.9. The third-order valence-electron chi connectivity index (χ3n) is 5.75. The summed E-state index contributed by atoms with van der Waals surface area (Å²) in [5.41, 5.74) is 2.27. The molecule has 1 rings (SSSR count). The van der Waals surface area contributed by atoms with E-state index in [1.165, 1.54) is 12.8 Å². The monoisotopic (exact) mass is 430 g/mol. The Labute approximate surface area is 188 Å². The summed E-state index contributed by atoms with van der Waals surface area (Å²) in [6.45, 7) is 13.5. The van der Waals surface area contributed by atoms with Crippen molar-refractivity contribution in [3.8, 4) is 0 Å². The molecular formula is C25H42N4O2. The first kappa shape index (κ1) is 26.5. The highest BCUT2D eigenvalue weighted by molar-refractivity contribution is 5.93. The molecule has 4 N–H and O–H groups in total. The van der Waals surface area contributed by atoms with Crippen molar-refractivity contribution in [1.82, 2.24) is 10.6 Å². The van der Waals surface area contributed by atoms with E-state index < -0.39 is 0 Å². The molecule has 4 amide bonds. The first-order chi connectivity index (χ1) is 14.9. The lowest BCUT2D eigenvalue weighted by atomic mass is 9.99. The Kier molecular flexibility index (Phi) is 13.1. The van der Waals surface area contributed by atoms with Crippen molar-refractivity contribution in [1.29, 1.82) is 0 Å². The number of amides is 4. The smallest absolute Gasteiger partial charge is 0.319 e. The summed E-state index contributed by atoms with van der Waals surface area (Å²) in [7, 11) is 0. The quantitative estimate of drug-likeness (QED) is 0.256. The Morgan fingerprint density at radius 1 is 0.968 bits per heavy atom. The van der Waals surface area contributed by atoms with Crippen molar-refractivity contribution in [2.45, 2.75) is 72.6 Å². The number of nitrogens with one attached hydrogen (secondary N) is 4. The van der Waals surface area contributed by atoms with E-state index in [1.54, 1.807) is 6.07 Å². The van der Waals surface area contributed by atoms with Crippen LogP contribution in [0.5, 0.6) is 0 Å². The zero-order chi connectivity index (χ0) is 23.1. The molecule has 6 nitrogen and oxygen atoms in total. The number of hydrogen-bond acceptors (Lipinski definition) is 2. The summed E-state index contributed by atoms with van der Waals surface area (Å²) in [6, 6.07) is 5.06. The van der Waals surface area contributed by atoms with Crippen molar-refractivity contribution in [2.24, 2.45) is 11.8 Å². The SMILES string of the molecule is C=CCCC(CC)CNC(=O)Nc1ccc(C)c(NC(=O)NCC(CC)CCCC)c1. The highest BCUT2D eigenvalue weighted by atomic mass is 16.2. The lowest BCUT2D eigenvalue weighted by Crippen LogP contribution is -2.33. The van der Waals surface area contributed by atoms with Gasteiger partial charge in [-0.15, -0.1) is 6.58 Å². The van der Waals surface area contributed by atoms with E-state index >= 15 is 0 Å². The van der Waals surface area contributed by atoms with Crippen LogP contribution < -0.4 is 21.3 Å². The van der Waals surface area contributed by atoms with E-state index in [2.05, 4.69) is 48.6 Å². The molecule has 1 aromatic carbocycles. The second-order valence-corrected chi connectivity index (χ2v) is 8.26. The first-order valence-electron chi connectivity index (χ1n) is 11.7. The molecule has 0 spiro atoms. The summed E-state index contributed by atoms with van der Waals surface area (Å²) in [5, 5.41) is 11.7. The minimum Gasteiger partial charge on any atom is -0.338 e. The van der Waals surface area contributed by atoms with Gasteiger partial charge >= 0.3 is 12.1 Å². The van der Waals surface area contributed by atoms with Gasteiger partial charge in [0.15, 0.2) is 0 Å². The Morgan fingerprint density at radius 2 is 1.58 bits per heavy atom. The zero-order valence-corrected chi connectivity index (χ0v) is 19.9. The van der Waals surface area contributed by atoms with Crippen LogP contribution in [0.2, 0.25) is 0 Å². The molecule has 174 valence electrons. The Balaban J connectivity index is 2.57. The lowest BCUT2D eigenvalue weighted by molar-refractivity contribution is 0.248. The Hall–Kier alpha value is -2.50. The van der Waals surface area contributed by atoms with Gasteiger partial charge in [0.05, 0.1) is 0 Å². The molecule has 0 heterocycles. The largest absolute Gasteiger partial charge is 0.338 e. The van der Waals surface area contributed by atoms with Gasteiger partial charge in [-0.3, -0.25) is 0 Å². The molecule has 0 aromatic heterocycles. The third-order valence-corrected chi connectivity index (χ3v) is 5.75. The van der Waals surface area contributed by atoms with Crippen LogP contribution >= 0.6 is 0 Å². The van der Waals surface area contributed by atoms with E-state index in [-0.39, 0.29) is 12.1 Å². The summed E-state index contributed by atoms with van der Waals surface area (Å²) < 4.78 is 0. The maximum atomic E-state index is 12.4. The zero-order valence-electron chi connectivity index (χ0n) is 19.9.